The maximum atomic E-state index is 13.2. The van der Waals surface area contributed by atoms with Gasteiger partial charge in [-0.1, -0.05) is 0 Å². The van der Waals surface area contributed by atoms with E-state index in [4.69, 9.17) is 10.7 Å². The molecule has 1 aromatic carbocycles. The smallest absolute Gasteiger partial charge is 0.387 e. The maximum Gasteiger partial charge on any atom is 0.387 e. The molecular weight excluding hydrogens is 303 g/mol. The standard InChI is InChI=1S/C7H3ClF3NO5S/c8-18(15,16)6-3(9)1-2-4(12(13)14)5(6)17-7(10)11/h1-2,7H. The minimum atomic E-state index is -4.83. The molecule has 1 rings (SSSR count). The van der Waals surface area contributed by atoms with Crippen molar-refractivity contribution in [3.63, 3.8) is 0 Å². The Morgan fingerprint density at radius 2 is 1.94 bits per heavy atom. The van der Waals surface area contributed by atoms with Crippen molar-refractivity contribution in [3.05, 3.63) is 28.1 Å². The van der Waals surface area contributed by atoms with E-state index in [1.165, 1.54) is 0 Å². The first kappa shape index (κ1) is 14.5. The van der Waals surface area contributed by atoms with Crippen LogP contribution in [0.2, 0.25) is 0 Å². The number of nitro benzene ring substituents is 1. The van der Waals surface area contributed by atoms with Crippen LogP contribution in [-0.4, -0.2) is 20.0 Å². The highest BCUT2D eigenvalue weighted by Crippen LogP contribution is 2.38. The van der Waals surface area contributed by atoms with E-state index in [9.17, 15) is 31.7 Å². The summed E-state index contributed by atoms with van der Waals surface area (Å²) in [6, 6.07) is 0.893. The monoisotopic (exact) mass is 305 g/mol. The van der Waals surface area contributed by atoms with Crippen LogP contribution in [0.5, 0.6) is 5.75 Å². The average Bonchev–Trinajstić information content (AvgIpc) is 2.13. The molecule has 0 aliphatic carbocycles. The molecule has 0 bridgehead atoms. The van der Waals surface area contributed by atoms with Gasteiger partial charge in [-0.3, -0.25) is 10.1 Å². The van der Waals surface area contributed by atoms with Gasteiger partial charge < -0.3 is 4.74 Å². The lowest BCUT2D eigenvalue weighted by molar-refractivity contribution is -0.386. The predicted molar refractivity (Wildman–Crippen MR) is 52.7 cm³/mol. The fourth-order valence-electron chi connectivity index (χ4n) is 1.10. The summed E-state index contributed by atoms with van der Waals surface area (Å²) < 4.78 is 63.0. The Balaban J connectivity index is 3.66. The first-order chi connectivity index (χ1) is 8.14. The molecule has 0 aliphatic rings. The van der Waals surface area contributed by atoms with Crippen LogP contribution in [0.15, 0.2) is 17.0 Å². The molecule has 0 aromatic heterocycles. The van der Waals surface area contributed by atoms with E-state index in [2.05, 4.69) is 4.74 Å². The Morgan fingerprint density at radius 3 is 2.33 bits per heavy atom. The van der Waals surface area contributed by atoms with Gasteiger partial charge in [0.25, 0.3) is 9.05 Å². The van der Waals surface area contributed by atoms with Gasteiger partial charge in [-0.15, -0.1) is 0 Å². The van der Waals surface area contributed by atoms with Crippen LogP contribution in [0.3, 0.4) is 0 Å². The number of benzene rings is 1. The van der Waals surface area contributed by atoms with Gasteiger partial charge in [0.1, 0.15) is 5.82 Å². The molecule has 11 heteroatoms. The van der Waals surface area contributed by atoms with Crippen molar-refractivity contribution in [2.45, 2.75) is 11.5 Å². The van der Waals surface area contributed by atoms with Gasteiger partial charge in [0.2, 0.25) is 5.75 Å². The molecule has 0 amide bonds. The summed E-state index contributed by atoms with van der Waals surface area (Å²) in [5, 5.41) is 10.5. The first-order valence-electron chi connectivity index (χ1n) is 4.01. The van der Waals surface area contributed by atoms with Crippen molar-refractivity contribution < 1.29 is 31.2 Å². The topological polar surface area (TPSA) is 86.5 Å². The second-order valence-electron chi connectivity index (χ2n) is 2.80. The van der Waals surface area contributed by atoms with Crippen molar-refractivity contribution in [1.82, 2.24) is 0 Å². The molecule has 6 nitrogen and oxygen atoms in total. The highest BCUT2D eigenvalue weighted by molar-refractivity contribution is 8.13. The van der Waals surface area contributed by atoms with Gasteiger partial charge in [-0.25, -0.2) is 12.8 Å². The summed E-state index contributed by atoms with van der Waals surface area (Å²) in [5.41, 5.74) is -1.14. The van der Waals surface area contributed by atoms with E-state index in [1.54, 1.807) is 0 Å². The molecular formula is C7H3ClF3NO5S. The zero-order valence-corrected chi connectivity index (χ0v) is 9.71. The molecule has 0 atom stereocenters. The van der Waals surface area contributed by atoms with Gasteiger partial charge in [0.15, 0.2) is 4.90 Å². The molecule has 0 radical (unpaired) electrons. The molecule has 0 fully saturated rings. The molecule has 0 saturated heterocycles. The Morgan fingerprint density at radius 1 is 1.39 bits per heavy atom. The van der Waals surface area contributed by atoms with E-state index >= 15 is 0 Å². The number of halogens is 4. The summed E-state index contributed by atoms with van der Waals surface area (Å²) in [4.78, 5) is 7.81. The number of ether oxygens (including phenoxy) is 1. The summed E-state index contributed by atoms with van der Waals surface area (Å²) in [7, 11) is -0.0175. The van der Waals surface area contributed by atoms with Gasteiger partial charge in [-0.05, 0) is 6.07 Å². The van der Waals surface area contributed by atoms with Crippen LogP contribution < -0.4 is 4.74 Å². The van der Waals surface area contributed by atoms with Crippen molar-refractivity contribution in [3.8, 4) is 5.75 Å². The molecule has 100 valence electrons. The SMILES string of the molecule is O=[N+]([O-])c1ccc(F)c(S(=O)(=O)Cl)c1OC(F)F. The van der Waals surface area contributed by atoms with Gasteiger partial charge in [0.05, 0.1) is 4.92 Å². The minimum absolute atomic E-state index is 0.408. The van der Waals surface area contributed by atoms with Gasteiger partial charge >= 0.3 is 12.3 Å². The van der Waals surface area contributed by atoms with E-state index in [-0.39, 0.29) is 0 Å². The Hall–Kier alpha value is -1.55. The lowest BCUT2D eigenvalue weighted by Gasteiger charge is -2.09. The molecule has 18 heavy (non-hydrogen) atoms. The highest BCUT2D eigenvalue weighted by Gasteiger charge is 2.32. The fraction of sp³-hybridized carbons (Fsp3) is 0.143. The van der Waals surface area contributed by atoms with Crippen molar-refractivity contribution in [2.75, 3.05) is 0 Å². The zero-order chi connectivity index (χ0) is 14.1. The van der Waals surface area contributed by atoms with Crippen LogP contribution in [0.1, 0.15) is 0 Å². The molecule has 0 heterocycles. The molecule has 0 spiro atoms. The first-order valence-corrected chi connectivity index (χ1v) is 6.32. The molecule has 0 aliphatic heterocycles. The second-order valence-corrected chi connectivity index (χ2v) is 5.30. The van der Waals surface area contributed by atoms with Crippen LogP contribution >= 0.6 is 10.7 Å². The lowest BCUT2D eigenvalue weighted by Crippen LogP contribution is -2.09. The van der Waals surface area contributed by atoms with Gasteiger partial charge in [0, 0.05) is 16.7 Å². The van der Waals surface area contributed by atoms with E-state index in [1.807, 2.05) is 0 Å². The van der Waals surface area contributed by atoms with Crippen LogP contribution in [-0.2, 0) is 9.05 Å². The highest BCUT2D eigenvalue weighted by atomic mass is 35.7. The summed E-state index contributed by atoms with van der Waals surface area (Å²) in [6.07, 6.45) is 0. The van der Waals surface area contributed by atoms with Crippen molar-refractivity contribution in [2.24, 2.45) is 0 Å². The number of nitrogens with zero attached hydrogens (tertiary/aromatic N) is 1. The summed E-state index contributed by atoms with van der Waals surface area (Å²) in [6.45, 7) is -3.58. The largest absolute Gasteiger partial charge is 0.426 e. The maximum absolute atomic E-state index is 13.2. The van der Waals surface area contributed by atoms with Crippen LogP contribution in [0.4, 0.5) is 18.9 Å². The number of nitro groups is 1. The van der Waals surface area contributed by atoms with Crippen LogP contribution in [0, 0.1) is 15.9 Å². The van der Waals surface area contributed by atoms with Crippen LogP contribution in [0.25, 0.3) is 0 Å². The van der Waals surface area contributed by atoms with E-state index < -0.39 is 42.7 Å². The lowest BCUT2D eigenvalue weighted by atomic mass is 10.3. The third-order valence-corrected chi connectivity index (χ3v) is 3.02. The van der Waals surface area contributed by atoms with Crippen molar-refractivity contribution >= 4 is 25.4 Å². The van der Waals surface area contributed by atoms with Crippen molar-refractivity contribution in [1.29, 1.82) is 0 Å². The Kier molecular flexibility index (Phi) is 4.02. The molecule has 0 N–H and O–H groups in total. The zero-order valence-electron chi connectivity index (χ0n) is 8.14. The average molecular weight is 306 g/mol. The summed E-state index contributed by atoms with van der Waals surface area (Å²) in [5.74, 6) is -2.98. The molecule has 0 saturated carbocycles. The third kappa shape index (κ3) is 3.01. The molecule has 1 aromatic rings. The fourth-order valence-corrected chi connectivity index (χ4v) is 2.21. The number of hydrogen-bond donors (Lipinski definition) is 0. The van der Waals surface area contributed by atoms with E-state index in [0.29, 0.717) is 12.1 Å². The van der Waals surface area contributed by atoms with Gasteiger partial charge in [-0.2, -0.15) is 8.78 Å². The second kappa shape index (κ2) is 4.98. The third-order valence-electron chi connectivity index (χ3n) is 1.69. The number of rotatable bonds is 4. The number of alkyl halides is 2. The quantitative estimate of drug-likeness (QED) is 0.484. The Labute approximate surface area is 102 Å². The number of hydrogen-bond acceptors (Lipinski definition) is 5. The predicted octanol–water partition coefficient (Wildman–Crippen LogP) is 2.26. The molecule has 0 unspecified atom stereocenters. The normalized spacial score (nSPS) is 11.6. The summed E-state index contributed by atoms with van der Waals surface area (Å²) >= 11 is 0. The van der Waals surface area contributed by atoms with E-state index in [0.717, 1.165) is 0 Å². The Bertz CT molecular complexity index is 591. The minimum Gasteiger partial charge on any atom is -0.426 e.